The molecule has 2 unspecified atom stereocenters. The van der Waals surface area contributed by atoms with Gasteiger partial charge in [-0.05, 0) is 44.2 Å². The van der Waals surface area contributed by atoms with Crippen molar-refractivity contribution in [1.82, 2.24) is 15.6 Å². The van der Waals surface area contributed by atoms with Gasteiger partial charge < -0.3 is 5.32 Å². The first-order chi connectivity index (χ1) is 11.9. The van der Waals surface area contributed by atoms with Crippen LogP contribution < -0.4 is 10.6 Å². The second-order valence-corrected chi connectivity index (χ2v) is 7.56. The molecule has 1 aromatic heterocycles. The third-order valence-electron chi connectivity index (χ3n) is 5.12. The number of nitriles is 1. The number of nitrogens with one attached hydrogen (secondary N) is 2. The molecule has 0 aromatic carbocycles. The molecule has 2 N–H and O–H groups in total. The average molecular weight is 342 g/mol. The summed E-state index contributed by atoms with van der Waals surface area (Å²) in [5, 5.41) is 16.0. The van der Waals surface area contributed by atoms with Gasteiger partial charge in [0.25, 0.3) is 0 Å². The van der Waals surface area contributed by atoms with Crippen LogP contribution in [-0.2, 0) is 4.79 Å². The van der Waals surface area contributed by atoms with E-state index in [0.29, 0.717) is 5.92 Å². The minimum atomic E-state index is -0.695. The Balaban J connectivity index is 2.08. The van der Waals surface area contributed by atoms with Crippen molar-refractivity contribution in [1.29, 1.82) is 5.26 Å². The number of pyridine rings is 1. The van der Waals surface area contributed by atoms with Crippen molar-refractivity contribution in [2.24, 2.45) is 5.92 Å². The standard InChI is InChI=1S/C20H30N4O/c1-14(2)17(18-15(3)9-8-12-22-18)23-16(4)19(25)24-20(13-21)10-6-5-7-11-20/h8-9,12,14,16-17,23H,5-7,10-11H2,1-4H3,(H,24,25). The van der Waals surface area contributed by atoms with E-state index in [-0.39, 0.29) is 18.0 Å². The van der Waals surface area contributed by atoms with Gasteiger partial charge in [-0.25, -0.2) is 0 Å². The number of hydrogen-bond donors (Lipinski definition) is 2. The zero-order chi connectivity index (χ0) is 18.4. The van der Waals surface area contributed by atoms with Crippen LogP contribution in [0.15, 0.2) is 18.3 Å². The van der Waals surface area contributed by atoms with E-state index in [1.807, 2.05) is 26.0 Å². The summed E-state index contributed by atoms with van der Waals surface area (Å²) in [4.78, 5) is 17.2. The van der Waals surface area contributed by atoms with Gasteiger partial charge in [0.1, 0.15) is 5.54 Å². The highest BCUT2D eigenvalue weighted by atomic mass is 16.2. The molecule has 2 rings (SSSR count). The molecule has 1 aliphatic rings. The summed E-state index contributed by atoms with van der Waals surface area (Å²) in [6.45, 7) is 8.14. The van der Waals surface area contributed by atoms with Gasteiger partial charge in [0.2, 0.25) is 5.91 Å². The van der Waals surface area contributed by atoms with Gasteiger partial charge in [-0.15, -0.1) is 0 Å². The Morgan fingerprint density at radius 3 is 2.52 bits per heavy atom. The molecule has 0 aliphatic heterocycles. The van der Waals surface area contributed by atoms with Gasteiger partial charge in [-0.2, -0.15) is 5.26 Å². The first kappa shape index (κ1) is 19.4. The molecule has 25 heavy (non-hydrogen) atoms. The predicted molar refractivity (Wildman–Crippen MR) is 98.7 cm³/mol. The van der Waals surface area contributed by atoms with Crippen LogP contribution in [0.2, 0.25) is 0 Å². The molecule has 1 fully saturated rings. The van der Waals surface area contributed by atoms with E-state index in [2.05, 4.69) is 35.5 Å². The molecule has 0 spiro atoms. The summed E-state index contributed by atoms with van der Waals surface area (Å²) in [5.41, 5.74) is 1.39. The van der Waals surface area contributed by atoms with E-state index < -0.39 is 5.54 Å². The van der Waals surface area contributed by atoms with Crippen LogP contribution in [0.25, 0.3) is 0 Å². The lowest BCUT2D eigenvalue weighted by molar-refractivity contribution is -0.124. The van der Waals surface area contributed by atoms with E-state index in [9.17, 15) is 10.1 Å². The topological polar surface area (TPSA) is 77.8 Å². The monoisotopic (exact) mass is 342 g/mol. The van der Waals surface area contributed by atoms with Crippen molar-refractivity contribution in [3.8, 4) is 6.07 Å². The first-order valence-electron chi connectivity index (χ1n) is 9.29. The molecule has 1 amide bonds. The molecule has 2 atom stereocenters. The normalized spacial score (nSPS) is 19.0. The van der Waals surface area contributed by atoms with E-state index in [0.717, 1.165) is 43.4 Å². The fourth-order valence-corrected chi connectivity index (χ4v) is 3.52. The van der Waals surface area contributed by atoms with Crippen molar-refractivity contribution in [3.05, 3.63) is 29.6 Å². The van der Waals surface area contributed by atoms with Crippen molar-refractivity contribution in [2.45, 2.75) is 77.4 Å². The molecule has 0 saturated heterocycles. The van der Waals surface area contributed by atoms with E-state index in [1.165, 1.54) is 0 Å². The number of aromatic nitrogens is 1. The Labute approximate surface area is 151 Å². The van der Waals surface area contributed by atoms with Gasteiger partial charge in [0, 0.05) is 6.20 Å². The maximum Gasteiger partial charge on any atom is 0.238 e. The minimum absolute atomic E-state index is 0.00802. The fraction of sp³-hybridized carbons (Fsp3) is 0.650. The largest absolute Gasteiger partial charge is 0.336 e. The van der Waals surface area contributed by atoms with Crippen LogP contribution >= 0.6 is 0 Å². The third-order valence-corrected chi connectivity index (χ3v) is 5.12. The summed E-state index contributed by atoms with van der Waals surface area (Å²) < 4.78 is 0. The third kappa shape index (κ3) is 4.79. The maximum atomic E-state index is 12.7. The van der Waals surface area contributed by atoms with Crippen LogP contribution in [0, 0.1) is 24.2 Å². The number of hydrogen-bond acceptors (Lipinski definition) is 4. The second kappa shape index (κ2) is 8.44. The molecule has 0 radical (unpaired) electrons. The SMILES string of the molecule is Cc1cccnc1C(NC(C)C(=O)NC1(C#N)CCCCC1)C(C)C. The number of amides is 1. The van der Waals surface area contributed by atoms with Crippen LogP contribution in [0.3, 0.4) is 0 Å². The predicted octanol–water partition coefficient (Wildman–Crippen LogP) is 3.41. The number of nitrogens with zero attached hydrogens (tertiary/aromatic N) is 2. The summed E-state index contributed by atoms with van der Waals surface area (Å²) in [6.07, 6.45) is 6.41. The summed E-state index contributed by atoms with van der Waals surface area (Å²) >= 11 is 0. The molecule has 0 bridgehead atoms. The van der Waals surface area contributed by atoms with Crippen molar-refractivity contribution in [2.75, 3.05) is 0 Å². The molecule has 5 heteroatoms. The molecule has 1 heterocycles. The number of rotatable bonds is 6. The van der Waals surface area contributed by atoms with E-state index >= 15 is 0 Å². The summed E-state index contributed by atoms with van der Waals surface area (Å²) in [7, 11) is 0. The van der Waals surface area contributed by atoms with Crippen LogP contribution in [0.4, 0.5) is 0 Å². The highest BCUT2D eigenvalue weighted by Gasteiger charge is 2.35. The van der Waals surface area contributed by atoms with Crippen LogP contribution in [0.5, 0.6) is 0 Å². The summed E-state index contributed by atoms with van der Waals surface area (Å²) in [5.74, 6) is 0.186. The highest BCUT2D eigenvalue weighted by molar-refractivity contribution is 5.82. The van der Waals surface area contributed by atoms with Gasteiger partial charge in [-0.1, -0.05) is 39.2 Å². The van der Waals surface area contributed by atoms with Crippen molar-refractivity contribution < 1.29 is 4.79 Å². The average Bonchev–Trinajstić information content (AvgIpc) is 2.60. The Morgan fingerprint density at radius 2 is 1.96 bits per heavy atom. The van der Waals surface area contributed by atoms with Crippen LogP contribution in [-0.4, -0.2) is 22.5 Å². The number of aryl methyl sites for hydroxylation is 1. The van der Waals surface area contributed by atoms with Gasteiger partial charge in [-0.3, -0.25) is 15.1 Å². The Kier molecular flexibility index (Phi) is 6.55. The first-order valence-corrected chi connectivity index (χ1v) is 9.29. The van der Waals surface area contributed by atoms with Crippen LogP contribution in [0.1, 0.15) is 70.2 Å². The zero-order valence-electron chi connectivity index (χ0n) is 15.8. The Morgan fingerprint density at radius 1 is 1.28 bits per heavy atom. The Bertz CT molecular complexity index is 629. The molecule has 1 saturated carbocycles. The Hall–Kier alpha value is -1.93. The highest BCUT2D eigenvalue weighted by Crippen LogP contribution is 2.28. The lowest BCUT2D eigenvalue weighted by atomic mass is 9.82. The smallest absolute Gasteiger partial charge is 0.238 e. The van der Waals surface area contributed by atoms with Gasteiger partial charge in [0.05, 0.1) is 23.8 Å². The van der Waals surface area contributed by atoms with Crippen molar-refractivity contribution in [3.63, 3.8) is 0 Å². The lowest BCUT2D eigenvalue weighted by Crippen LogP contribution is -2.54. The molecule has 5 nitrogen and oxygen atoms in total. The molecular formula is C20H30N4O. The molecule has 136 valence electrons. The zero-order valence-corrected chi connectivity index (χ0v) is 15.8. The van der Waals surface area contributed by atoms with Gasteiger partial charge >= 0.3 is 0 Å². The van der Waals surface area contributed by atoms with E-state index in [1.54, 1.807) is 6.20 Å². The molecule has 1 aromatic rings. The summed E-state index contributed by atoms with van der Waals surface area (Å²) in [6, 6.07) is 5.91. The maximum absolute atomic E-state index is 12.7. The van der Waals surface area contributed by atoms with Crippen molar-refractivity contribution >= 4 is 5.91 Å². The lowest BCUT2D eigenvalue weighted by Gasteiger charge is -2.33. The second-order valence-electron chi connectivity index (χ2n) is 7.56. The van der Waals surface area contributed by atoms with E-state index in [4.69, 9.17) is 0 Å². The quantitative estimate of drug-likeness (QED) is 0.830. The molecule has 1 aliphatic carbocycles. The number of carbonyl (C=O) groups is 1. The minimum Gasteiger partial charge on any atom is -0.336 e. The number of carbonyl (C=O) groups excluding carboxylic acids is 1. The molecular weight excluding hydrogens is 312 g/mol. The van der Waals surface area contributed by atoms with Gasteiger partial charge in [0.15, 0.2) is 0 Å². The fourth-order valence-electron chi connectivity index (χ4n) is 3.52.